The first-order valence-electron chi connectivity index (χ1n) is 8.67. The minimum absolute atomic E-state index is 0.270. The minimum atomic E-state index is -4.38. The van der Waals surface area contributed by atoms with Gasteiger partial charge >= 0.3 is 6.18 Å². The molecule has 0 radical (unpaired) electrons. The Labute approximate surface area is 166 Å². The van der Waals surface area contributed by atoms with E-state index < -0.39 is 11.7 Å². The lowest BCUT2D eigenvalue weighted by atomic mass is 9.87. The summed E-state index contributed by atoms with van der Waals surface area (Å²) in [5, 5.41) is 0.292. The van der Waals surface area contributed by atoms with E-state index in [9.17, 15) is 13.2 Å². The smallest absolute Gasteiger partial charge is 0.416 e. The molecule has 2 aliphatic rings. The van der Waals surface area contributed by atoms with E-state index in [1.165, 1.54) is 12.1 Å². The molecule has 1 aliphatic carbocycles. The monoisotopic (exact) mass is 399 g/mol. The molecule has 4 rings (SSSR count). The Morgan fingerprint density at radius 2 is 1.79 bits per heavy atom. The molecule has 2 aromatic carbocycles. The molecule has 0 saturated carbocycles. The molecule has 6 heteroatoms. The first kappa shape index (κ1) is 18.5. The number of ether oxygens (including phenoxy) is 1. The standard InChI is InChI=1S/C22H16F3NOS/c1-26-19-7-3-2-5-14(19)13-18-17(6-4-8-20(18)26)21(28)27-16-11-9-15(10-12-16)22(23,24)25/h2-13,17H,1H3. The molecule has 0 N–H and O–H groups in total. The van der Waals surface area contributed by atoms with Gasteiger partial charge in [-0.15, -0.1) is 0 Å². The van der Waals surface area contributed by atoms with E-state index in [2.05, 4.69) is 11.0 Å². The van der Waals surface area contributed by atoms with Gasteiger partial charge in [-0.2, -0.15) is 13.2 Å². The van der Waals surface area contributed by atoms with Crippen molar-refractivity contribution in [2.24, 2.45) is 5.92 Å². The highest BCUT2D eigenvalue weighted by Gasteiger charge is 2.31. The van der Waals surface area contributed by atoms with Gasteiger partial charge in [0.1, 0.15) is 5.75 Å². The van der Waals surface area contributed by atoms with Gasteiger partial charge in [-0.3, -0.25) is 0 Å². The Kier molecular flexibility index (Phi) is 4.59. The van der Waals surface area contributed by atoms with E-state index in [1.54, 1.807) is 0 Å². The summed E-state index contributed by atoms with van der Waals surface area (Å²) >= 11 is 5.49. The summed E-state index contributed by atoms with van der Waals surface area (Å²) in [7, 11) is 1.99. The summed E-state index contributed by atoms with van der Waals surface area (Å²) < 4.78 is 43.9. The van der Waals surface area contributed by atoms with E-state index in [-0.39, 0.29) is 11.7 Å². The SMILES string of the molecule is CN1C2=CC=CC(C(=S)Oc3ccc(C(F)(F)F)cc3)C2=Cc2ccccc21. The summed E-state index contributed by atoms with van der Waals surface area (Å²) in [6.07, 6.45) is 3.57. The number of hydrogen-bond acceptors (Lipinski definition) is 3. The Morgan fingerprint density at radius 3 is 2.50 bits per heavy atom. The van der Waals surface area contributed by atoms with Crippen LogP contribution in [0.15, 0.2) is 78.0 Å². The second-order valence-corrected chi connectivity index (χ2v) is 6.98. The summed E-state index contributed by atoms with van der Waals surface area (Å²) in [4.78, 5) is 2.10. The zero-order valence-corrected chi connectivity index (χ0v) is 15.7. The molecule has 1 atom stereocenters. The van der Waals surface area contributed by atoms with Gasteiger partial charge in [-0.25, -0.2) is 0 Å². The largest absolute Gasteiger partial charge is 0.449 e. The zero-order chi connectivity index (χ0) is 19.9. The third-order valence-electron chi connectivity index (χ3n) is 4.81. The van der Waals surface area contributed by atoms with E-state index in [4.69, 9.17) is 17.0 Å². The van der Waals surface area contributed by atoms with Gasteiger partial charge < -0.3 is 9.64 Å². The number of para-hydroxylation sites is 1. The topological polar surface area (TPSA) is 12.5 Å². The highest BCUT2D eigenvalue weighted by Crippen LogP contribution is 2.40. The first-order chi connectivity index (χ1) is 13.3. The van der Waals surface area contributed by atoms with Crippen LogP contribution in [0.3, 0.4) is 0 Å². The van der Waals surface area contributed by atoms with Gasteiger partial charge in [0.05, 0.1) is 11.5 Å². The molecule has 28 heavy (non-hydrogen) atoms. The maximum Gasteiger partial charge on any atom is 0.416 e. The third kappa shape index (κ3) is 3.36. The number of fused-ring (bicyclic) bond motifs is 2. The Balaban J connectivity index is 1.60. The van der Waals surface area contributed by atoms with Crippen molar-refractivity contribution in [1.82, 2.24) is 0 Å². The van der Waals surface area contributed by atoms with Gasteiger partial charge in [0.15, 0.2) is 5.05 Å². The number of rotatable bonds is 2. The van der Waals surface area contributed by atoms with Crippen LogP contribution in [0.2, 0.25) is 0 Å². The normalized spacial score (nSPS) is 18.0. The van der Waals surface area contributed by atoms with Crippen molar-refractivity contribution >= 4 is 29.0 Å². The Hall–Kier alpha value is -2.86. The fraction of sp³-hybridized carbons (Fsp3) is 0.136. The van der Waals surface area contributed by atoms with Crippen LogP contribution in [0.1, 0.15) is 11.1 Å². The first-order valence-corrected chi connectivity index (χ1v) is 9.07. The van der Waals surface area contributed by atoms with Crippen LogP contribution in [0.5, 0.6) is 5.75 Å². The maximum atomic E-state index is 12.7. The molecule has 0 aromatic heterocycles. The fourth-order valence-electron chi connectivity index (χ4n) is 3.40. The summed E-state index contributed by atoms with van der Waals surface area (Å²) in [5.41, 5.74) is 3.47. The van der Waals surface area contributed by atoms with Crippen LogP contribution in [0.4, 0.5) is 18.9 Å². The van der Waals surface area contributed by atoms with Crippen molar-refractivity contribution in [1.29, 1.82) is 0 Å². The Bertz CT molecular complexity index is 1020. The second-order valence-electron chi connectivity index (χ2n) is 6.58. The number of alkyl halides is 3. The molecule has 142 valence electrons. The number of hydrogen-bond donors (Lipinski definition) is 0. The minimum Gasteiger partial charge on any atom is -0.449 e. The molecular weight excluding hydrogens is 383 g/mol. The summed E-state index contributed by atoms with van der Waals surface area (Å²) in [6.45, 7) is 0. The molecule has 0 fully saturated rings. The molecule has 0 bridgehead atoms. The lowest BCUT2D eigenvalue weighted by Crippen LogP contribution is -2.30. The number of allylic oxidation sites excluding steroid dienone is 3. The van der Waals surface area contributed by atoms with Crippen molar-refractivity contribution in [3.05, 3.63) is 89.2 Å². The van der Waals surface area contributed by atoms with Crippen LogP contribution in [0, 0.1) is 5.92 Å². The van der Waals surface area contributed by atoms with Gasteiger partial charge in [0.2, 0.25) is 0 Å². The molecule has 2 aromatic rings. The van der Waals surface area contributed by atoms with Crippen molar-refractivity contribution in [2.75, 3.05) is 11.9 Å². The maximum absolute atomic E-state index is 12.7. The van der Waals surface area contributed by atoms with Crippen molar-refractivity contribution < 1.29 is 17.9 Å². The average Bonchev–Trinajstić information content (AvgIpc) is 2.67. The second kappa shape index (κ2) is 6.95. The lowest BCUT2D eigenvalue weighted by molar-refractivity contribution is -0.137. The van der Waals surface area contributed by atoms with E-state index in [0.29, 0.717) is 5.05 Å². The number of benzene rings is 2. The van der Waals surface area contributed by atoms with Gasteiger partial charge in [-0.05, 0) is 65.8 Å². The molecule has 0 saturated heterocycles. The fourth-order valence-corrected chi connectivity index (χ4v) is 3.70. The number of nitrogens with zero attached hydrogens (tertiary/aromatic N) is 1. The molecule has 1 unspecified atom stereocenters. The van der Waals surface area contributed by atoms with Gasteiger partial charge in [-0.1, -0.05) is 30.4 Å². The van der Waals surface area contributed by atoms with E-state index in [1.807, 2.05) is 49.5 Å². The summed E-state index contributed by atoms with van der Waals surface area (Å²) in [5.74, 6) is 0.0146. The van der Waals surface area contributed by atoms with Crippen LogP contribution < -0.4 is 9.64 Å². The quantitative estimate of drug-likeness (QED) is 0.574. The van der Waals surface area contributed by atoms with Crippen LogP contribution in [0.25, 0.3) is 6.08 Å². The molecular formula is C22H16F3NOS. The van der Waals surface area contributed by atoms with Crippen LogP contribution >= 0.6 is 12.2 Å². The molecule has 1 aliphatic heterocycles. The highest BCUT2D eigenvalue weighted by atomic mass is 32.1. The number of likely N-dealkylation sites (N-methyl/N-ethyl adjacent to an activating group) is 1. The van der Waals surface area contributed by atoms with E-state index in [0.717, 1.165) is 34.7 Å². The third-order valence-corrected chi connectivity index (χ3v) is 5.15. The predicted molar refractivity (Wildman–Crippen MR) is 108 cm³/mol. The predicted octanol–water partition coefficient (Wildman–Crippen LogP) is 6.01. The van der Waals surface area contributed by atoms with E-state index >= 15 is 0 Å². The van der Waals surface area contributed by atoms with Crippen LogP contribution in [-0.2, 0) is 6.18 Å². The molecule has 0 amide bonds. The summed E-state index contributed by atoms with van der Waals surface area (Å²) in [6, 6.07) is 12.6. The molecule has 1 heterocycles. The highest BCUT2D eigenvalue weighted by molar-refractivity contribution is 7.80. The van der Waals surface area contributed by atoms with Crippen LogP contribution in [-0.4, -0.2) is 12.1 Å². The van der Waals surface area contributed by atoms with Gasteiger partial charge in [0, 0.05) is 18.4 Å². The number of thiocarbonyl (C=S) groups is 1. The zero-order valence-electron chi connectivity index (χ0n) is 14.9. The van der Waals surface area contributed by atoms with Crippen molar-refractivity contribution in [3.63, 3.8) is 0 Å². The molecule has 0 spiro atoms. The van der Waals surface area contributed by atoms with Crippen molar-refractivity contribution in [3.8, 4) is 5.75 Å². The molecule has 2 nitrogen and oxygen atoms in total. The lowest BCUT2D eigenvalue weighted by Gasteiger charge is -2.34. The number of anilines is 1. The van der Waals surface area contributed by atoms with Crippen molar-refractivity contribution in [2.45, 2.75) is 6.18 Å². The number of halogens is 3. The average molecular weight is 399 g/mol. The van der Waals surface area contributed by atoms with Gasteiger partial charge in [0.25, 0.3) is 0 Å². The Morgan fingerprint density at radius 1 is 1.07 bits per heavy atom.